The Hall–Kier alpha value is -1.85. The average molecular weight is 374 g/mol. The second kappa shape index (κ2) is 8.23. The summed E-state index contributed by atoms with van der Waals surface area (Å²) in [6.07, 6.45) is 2.01. The molecule has 1 heterocycles. The van der Waals surface area contributed by atoms with Crippen LogP contribution in [0.2, 0.25) is 0 Å². The van der Waals surface area contributed by atoms with Crippen molar-refractivity contribution in [2.45, 2.75) is 44.1 Å². The summed E-state index contributed by atoms with van der Waals surface area (Å²) in [5, 5.41) is 11.2. The van der Waals surface area contributed by atoms with Crippen LogP contribution in [0.5, 0.6) is 0 Å². The average Bonchev–Trinajstić information content (AvgIpc) is 3.07. The zero-order valence-electron chi connectivity index (χ0n) is 14.5. The summed E-state index contributed by atoms with van der Waals surface area (Å²) in [5.41, 5.74) is 8.93. The lowest BCUT2D eigenvalue weighted by Crippen LogP contribution is -2.47. The number of hydrogen-bond donors (Lipinski definition) is 2. The number of ether oxygens (including phenoxy) is 1. The summed E-state index contributed by atoms with van der Waals surface area (Å²) in [6, 6.07) is 18.0. The Kier molecular flexibility index (Phi) is 5.99. The molecule has 2 aromatic carbocycles. The third-order valence-corrected chi connectivity index (χ3v) is 4.97. The van der Waals surface area contributed by atoms with Gasteiger partial charge in [-0.05, 0) is 37.0 Å². The summed E-state index contributed by atoms with van der Waals surface area (Å²) in [5.74, 6) is 0.863. The molecular formula is C21H24ClNO3. The van der Waals surface area contributed by atoms with Crippen molar-refractivity contribution in [2.24, 2.45) is 5.73 Å². The predicted octanol–water partition coefficient (Wildman–Crippen LogP) is 4.28. The third-order valence-electron chi connectivity index (χ3n) is 4.97. The lowest BCUT2D eigenvalue weighted by molar-refractivity contribution is -0.0740. The highest BCUT2D eigenvalue weighted by molar-refractivity contribution is 5.85. The Morgan fingerprint density at radius 2 is 1.85 bits per heavy atom. The molecule has 4 nitrogen and oxygen atoms in total. The Labute approximate surface area is 159 Å². The van der Waals surface area contributed by atoms with Crippen molar-refractivity contribution in [3.63, 3.8) is 0 Å². The van der Waals surface area contributed by atoms with Crippen LogP contribution in [0, 0.1) is 0 Å². The minimum atomic E-state index is -0.566. The first-order valence-electron chi connectivity index (χ1n) is 8.84. The molecule has 4 rings (SSSR count). The minimum absolute atomic E-state index is 0. The van der Waals surface area contributed by atoms with Crippen LogP contribution in [0.15, 0.2) is 59.0 Å². The van der Waals surface area contributed by atoms with E-state index in [9.17, 15) is 5.11 Å². The van der Waals surface area contributed by atoms with Crippen molar-refractivity contribution in [1.29, 1.82) is 0 Å². The first kappa shape index (κ1) is 18.9. The number of para-hydroxylation sites is 1. The molecule has 0 spiro atoms. The van der Waals surface area contributed by atoms with E-state index in [1.807, 2.05) is 48.5 Å². The Balaban J connectivity index is 0.00000196. The SMILES string of the molecule is Cl.NC1CCCC(OCc2ccc(-c3cc4ccccc4o3)cc2)C1O. The van der Waals surface area contributed by atoms with Crippen LogP contribution in [0.4, 0.5) is 0 Å². The van der Waals surface area contributed by atoms with Gasteiger partial charge in [0.2, 0.25) is 0 Å². The van der Waals surface area contributed by atoms with Gasteiger partial charge < -0.3 is 20.0 Å². The molecule has 5 heteroatoms. The fourth-order valence-corrected chi connectivity index (χ4v) is 3.45. The van der Waals surface area contributed by atoms with Gasteiger partial charge in [0, 0.05) is 17.0 Å². The Bertz CT molecular complexity index is 813. The van der Waals surface area contributed by atoms with Gasteiger partial charge in [-0.1, -0.05) is 42.5 Å². The molecule has 3 atom stereocenters. The summed E-state index contributed by atoms with van der Waals surface area (Å²) < 4.78 is 11.8. The van der Waals surface area contributed by atoms with Crippen molar-refractivity contribution >= 4 is 23.4 Å². The normalized spacial score (nSPS) is 22.9. The van der Waals surface area contributed by atoms with Gasteiger partial charge in [0.15, 0.2) is 0 Å². The number of fused-ring (bicyclic) bond motifs is 1. The molecule has 0 bridgehead atoms. The van der Waals surface area contributed by atoms with Crippen molar-refractivity contribution in [3.05, 3.63) is 60.2 Å². The maximum atomic E-state index is 10.1. The van der Waals surface area contributed by atoms with Crippen LogP contribution in [0.25, 0.3) is 22.3 Å². The summed E-state index contributed by atoms with van der Waals surface area (Å²) in [4.78, 5) is 0. The zero-order chi connectivity index (χ0) is 17.2. The van der Waals surface area contributed by atoms with Crippen LogP contribution < -0.4 is 5.73 Å². The van der Waals surface area contributed by atoms with E-state index in [4.69, 9.17) is 14.9 Å². The highest BCUT2D eigenvalue weighted by atomic mass is 35.5. The Morgan fingerprint density at radius 1 is 1.08 bits per heavy atom. The van der Waals surface area contributed by atoms with Crippen LogP contribution >= 0.6 is 12.4 Å². The first-order chi connectivity index (χ1) is 12.2. The van der Waals surface area contributed by atoms with Gasteiger partial charge >= 0.3 is 0 Å². The van der Waals surface area contributed by atoms with Crippen molar-refractivity contribution in [1.82, 2.24) is 0 Å². The minimum Gasteiger partial charge on any atom is -0.456 e. The van der Waals surface area contributed by atoms with Crippen molar-refractivity contribution in [3.8, 4) is 11.3 Å². The van der Waals surface area contributed by atoms with Crippen LogP contribution in [-0.2, 0) is 11.3 Å². The standard InChI is InChI=1S/C21H23NO3.ClH/c22-17-5-3-7-19(21(17)23)24-13-14-8-10-15(11-9-14)20-12-16-4-1-2-6-18(16)25-20;/h1-2,4,6,8-12,17,19,21,23H,3,5,7,13,22H2;1H. The monoisotopic (exact) mass is 373 g/mol. The quantitative estimate of drug-likeness (QED) is 0.716. The zero-order valence-corrected chi connectivity index (χ0v) is 15.3. The molecule has 138 valence electrons. The largest absolute Gasteiger partial charge is 0.456 e. The van der Waals surface area contributed by atoms with E-state index >= 15 is 0 Å². The van der Waals surface area contributed by atoms with Crippen molar-refractivity contribution < 1.29 is 14.3 Å². The smallest absolute Gasteiger partial charge is 0.135 e. The number of aliphatic hydroxyl groups is 1. The number of halogens is 1. The van der Waals surface area contributed by atoms with E-state index in [0.29, 0.717) is 6.61 Å². The highest BCUT2D eigenvalue weighted by Gasteiger charge is 2.29. The molecule has 3 N–H and O–H groups in total. The van der Waals surface area contributed by atoms with Gasteiger partial charge in [-0.15, -0.1) is 12.4 Å². The third kappa shape index (κ3) is 3.94. The van der Waals surface area contributed by atoms with Crippen LogP contribution in [0.3, 0.4) is 0 Å². The molecule has 1 aliphatic carbocycles. The highest BCUT2D eigenvalue weighted by Crippen LogP contribution is 2.28. The fourth-order valence-electron chi connectivity index (χ4n) is 3.45. The fraction of sp³-hybridized carbons (Fsp3) is 0.333. The lowest BCUT2D eigenvalue weighted by Gasteiger charge is -2.32. The summed E-state index contributed by atoms with van der Waals surface area (Å²) >= 11 is 0. The summed E-state index contributed by atoms with van der Waals surface area (Å²) in [6.45, 7) is 0.481. The molecule has 1 saturated carbocycles. The van der Waals surface area contributed by atoms with E-state index in [1.165, 1.54) is 0 Å². The maximum absolute atomic E-state index is 10.1. The molecular weight excluding hydrogens is 350 g/mol. The molecule has 1 fully saturated rings. The van der Waals surface area contributed by atoms with Gasteiger partial charge in [0.25, 0.3) is 0 Å². The lowest BCUT2D eigenvalue weighted by atomic mass is 9.90. The van der Waals surface area contributed by atoms with Crippen molar-refractivity contribution in [2.75, 3.05) is 0 Å². The molecule has 3 unspecified atom stereocenters. The van der Waals surface area contributed by atoms with Gasteiger partial charge in [0.1, 0.15) is 11.3 Å². The molecule has 0 radical (unpaired) electrons. The number of benzene rings is 2. The van der Waals surface area contributed by atoms with E-state index in [1.54, 1.807) is 0 Å². The molecule has 1 aromatic heterocycles. The van der Waals surface area contributed by atoms with E-state index < -0.39 is 6.10 Å². The van der Waals surface area contributed by atoms with Crippen LogP contribution in [-0.4, -0.2) is 23.4 Å². The molecule has 1 aliphatic rings. The number of furan rings is 1. The molecule has 26 heavy (non-hydrogen) atoms. The second-order valence-corrected chi connectivity index (χ2v) is 6.78. The topological polar surface area (TPSA) is 68.6 Å². The van der Waals surface area contributed by atoms with Gasteiger partial charge in [-0.3, -0.25) is 0 Å². The molecule has 3 aromatic rings. The number of aliphatic hydroxyl groups excluding tert-OH is 1. The molecule has 0 saturated heterocycles. The molecule has 0 amide bonds. The van der Waals surface area contributed by atoms with Gasteiger partial charge in [-0.25, -0.2) is 0 Å². The first-order valence-corrected chi connectivity index (χ1v) is 8.84. The molecule has 0 aliphatic heterocycles. The van der Waals surface area contributed by atoms with E-state index in [2.05, 4.69) is 6.07 Å². The summed E-state index contributed by atoms with van der Waals surface area (Å²) in [7, 11) is 0. The van der Waals surface area contributed by atoms with E-state index in [0.717, 1.165) is 47.1 Å². The second-order valence-electron chi connectivity index (χ2n) is 6.78. The van der Waals surface area contributed by atoms with Crippen LogP contribution in [0.1, 0.15) is 24.8 Å². The van der Waals surface area contributed by atoms with E-state index in [-0.39, 0.29) is 24.6 Å². The maximum Gasteiger partial charge on any atom is 0.135 e. The van der Waals surface area contributed by atoms with Gasteiger partial charge in [-0.2, -0.15) is 0 Å². The number of rotatable bonds is 4. The van der Waals surface area contributed by atoms with Gasteiger partial charge in [0.05, 0.1) is 18.8 Å². The number of hydrogen-bond acceptors (Lipinski definition) is 4. The number of nitrogens with two attached hydrogens (primary N) is 1. The predicted molar refractivity (Wildman–Crippen MR) is 105 cm³/mol. The Morgan fingerprint density at radius 3 is 2.62 bits per heavy atom.